The number of carbonyl (C=O) groups is 2. The summed E-state index contributed by atoms with van der Waals surface area (Å²) >= 11 is 0.774. The lowest BCUT2D eigenvalue weighted by atomic mass is 10.1. The van der Waals surface area contributed by atoms with Gasteiger partial charge in [0.2, 0.25) is 5.91 Å². The zero-order valence-corrected chi connectivity index (χ0v) is 18.5. The van der Waals surface area contributed by atoms with Crippen molar-refractivity contribution in [3.8, 4) is 0 Å². The highest BCUT2D eigenvalue weighted by molar-refractivity contribution is 8.00. The van der Waals surface area contributed by atoms with E-state index in [2.05, 4.69) is 10.1 Å². The van der Waals surface area contributed by atoms with Crippen LogP contribution < -0.4 is 11.5 Å². The summed E-state index contributed by atoms with van der Waals surface area (Å²) in [5, 5.41) is 3.59. The number of hydrogen-bond acceptors (Lipinski definition) is 6. The maximum absolute atomic E-state index is 14.3. The van der Waals surface area contributed by atoms with E-state index in [0.29, 0.717) is 24.9 Å². The van der Waals surface area contributed by atoms with Crippen LogP contribution in [-0.2, 0) is 11.3 Å². The zero-order valence-electron chi connectivity index (χ0n) is 17.7. The van der Waals surface area contributed by atoms with E-state index in [9.17, 15) is 18.4 Å². The quantitative estimate of drug-likeness (QED) is 0.242. The summed E-state index contributed by atoms with van der Waals surface area (Å²) in [7, 11) is 1.65. The molecule has 11 heteroatoms. The van der Waals surface area contributed by atoms with Crippen molar-refractivity contribution in [3.05, 3.63) is 64.5 Å². The highest BCUT2D eigenvalue weighted by Crippen LogP contribution is 2.46. The Hall–Kier alpha value is -3.05. The third kappa shape index (κ3) is 5.60. The fraction of sp³-hybridized carbons (Fsp3) is 0.333. The molecule has 1 aromatic heterocycles. The summed E-state index contributed by atoms with van der Waals surface area (Å²) in [6.45, 7) is 1.72. The second-order valence-electron chi connectivity index (χ2n) is 7.69. The predicted molar refractivity (Wildman–Crippen MR) is 119 cm³/mol. The number of carbonyl (C=O) groups excluding carboxylic acids is 2. The summed E-state index contributed by atoms with van der Waals surface area (Å²) in [4.78, 5) is 27.3. The highest BCUT2D eigenvalue weighted by Gasteiger charge is 2.49. The molecular formula is C21H24F2N6O2S. The Morgan fingerprint density at radius 3 is 2.62 bits per heavy atom. The predicted octanol–water partition coefficient (Wildman–Crippen LogP) is 2.59. The Morgan fingerprint density at radius 1 is 1.34 bits per heavy atom. The Bertz CT molecular complexity index is 1090. The minimum absolute atomic E-state index is 0.0291. The Kier molecular flexibility index (Phi) is 7.09. The van der Waals surface area contributed by atoms with Crippen LogP contribution in [0.15, 0.2) is 46.7 Å². The average Bonchev–Trinajstić information content (AvgIpc) is 3.38. The van der Waals surface area contributed by atoms with E-state index in [4.69, 9.17) is 11.5 Å². The molecule has 0 radical (unpaired) electrons. The average molecular weight is 463 g/mol. The lowest BCUT2D eigenvalue weighted by molar-refractivity contribution is -0.123. The number of aliphatic imine (C=N–C) groups is 1. The molecule has 0 saturated heterocycles. The van der Waals surface area contributed by atoms with Crippen molar-refractivity contribution in [3.63, 3.8) is 0 Å². The van der Waals surface area contributed by atoms with E-state index in [1.165, 1.54) is 23.7 Å². The first-order valence-electron chi connectivity index (χ1n) is 9.82. The van der Waals surface area contributed by atoms with E-state index in [1.54, 1.807) is 29.6 Å². The number of aromatic nitrogens is 2. The molecule has 1 aromatic carbocycles. The van der Waals surface area contributed by atoms with Crippen LogP contribution in [0, 0.1) is 11.2 Å². The molecule has 2 aromatic rings. The number of amidine groups is 1. The molecule has 1 aliphatic rings. The monoisotopic (exact) mass is 462 g/mol. The van der Waals surface area contributed by atoms with Crippen LogP contribution in [-0.4, -0.2) is 45.2 Å². The fourth-order valence-corrected chi connectivity index (χ4v) is 3.89. The Morgan fingerprint density at radius 2 is 2.03 bits per heavy atom. The van der Waals surface area contributed by atoms with Gasteiger partial charge in [-0.05, 0) is 44.0 Å². The lowest BCUT2D eigenvalue weighted by Gasteiger charge is -2.19. The van der Waals surface area contributed by atoms with Gasteiger partial charge in [-0.1, -0.05) is 18.2 Å². The number of ketones is 1. The van der Waals surface area contributed by atoms with Crippen LogP contribution in [0.3, 0.4) is 0 Å². The first-order chi connectivity index (χ1) is 15.1. The molecular weight excluding hydrogens is 438 g/mol. The van der Waals surface area contributed by atoms with Gasteiger partial charge in [-0.2, -0.15) is 9.49 Å². The number of primary amides is 1. The molecule has 0 bridgehead atoms. The van der Waals surface area contributed by atoms with E-state index in [0.717, 1.165) is 18.1 Å². The molecule has 170 valence electrons. The van der Waals surface area contributed by atoms with Gasteiger partial charge in [0.25, 0.3) is 0 Å². The number of hydrogen-bond donors (Lipinski definition) is 2. The molecule has 8 nitrogen and oxygen atoms in total. The van der Waals surface area contributed by atoms with Crippen LogP contribution in [0.1, 0.15) is 41.5 Å². The third-order valence-electron chi connectivity index (χ3n) is 5.13. The number of Topliss-reactive ketones (excluding diaryl/α,β-unsaturated/α-hetero) is 1. The second-order valence-corrected chi connectivity index (χ2v) is 8.89. The topological polar surface area (TPSA) is 120 Å². The molecule has 1 saturated carbocycles. The van der Waals surface area contributed by atoms with Gasteiger partial charge >= 0.3 is 0 Å². The Labute approximate surface area is 188 Å². The maximum Gasteiger partial charge on any atom is 0.224 e. The molecule has 1 amide bonds. The van der Waals surface area contributed by atoms with Crippen molar-refractivity contribution in [1.29, 1.82) is 0 Å². The minimum Gasteiger partial charge on any atom is -0.382 e. The normalized spacial score (nSPS) is 15.8. The molecule has 0 spiro atoms. The minimum atomic E-state index is -0.645. The summed E-state index contributed by atoms with van der Waals surface area (Å²) in [5.41, 5.74) is 11.5. The third-order valence-corrected chi connectivity index (χ3v) is 5.85. The van der Waals surface area contributed by atoms with Gasteiger partial charge in [-0.3, -0.25) is 14.3 Å². The van der Waals surface area contributed by atoms with Gasteiger partial charge in [-0.25, -0.2) is 13.7 Å². The number of benzene rings is 1. The van der Waals surface area contributed by atoms with Crippen LogP contribution in [0.4, 0.5) is 8.78 Å². The summed E-state index contributed by atoms with van der Waals surface area (Å²) in [6.07, 6.45) is 2.32. The smallest absolute Gasteiger partial charge is 0.224 e. The van der Waals surface area contributed by atoms with Gasteiger partial charge < -0.3 is 11.5 Å². The van der Waals surface area contributed by atoms with E-state index < -0.39 is 16.4 Å². The first kappa shape index (κ1) is 23.6. The molecule has 1 fully saturated rings. The molecule has 3 rings (SSSR count). The van der Waals surface area contributed by atoms with Crippen molar-refractivity contribution in [2.24, 2.45) is 21.9 Å². The van der Waals surface area contributed by atoms with Gasteiger partial charge in [-0.15, -0.1) is 0 Å². The van der Waals surface area contributed by atoms with Crippen molar-refractivity contribution in [2.45, 2.75) is 26.3 Å². The second kappa shape index (κ2) is 9.61. The van der Waals surface area contributed by atoms with E-state index in [1.807, 2.05) is 0 Å². The molecule has 0 aliphatic heterocycles. The van der Waals surface area contributed by atoms with Gasteiger partial charge in [0.15, 0.2) is 16.8 Å². The van der Waals surface area contributed by atoms with Crippen LogP contribution in [0.25, 0.3) is 0 Å². The van der Waals surface area contributed by atoms with Crippen LogP contribution >= 0.6 is 11.9 Å². The number of nitrogens with zero attached hydrogens (tertiary/aromatic N) is 4. The molecule has 0 unspecified atom stereocenters. The molecule has 1 heterocycles. The van der Waals surface area contributed by atoms with Crippen LogP contribution in [0.5, 0.6) is 0 Å². The van der Waals surface area contributed by atoms with Crippen molar-refractivity contribution >= 4 is 29.5 Å². The molecule has 1 aliphatic carbocycles. The number of rotatable bonds is 10. The SMILES string of the molecule is CC(=O)c1cc(C(N)=N/C=C(/F)SN(C)CC2(C(N)=O)CC2)nn1Cc1ccccc1F. The first-order valence-corrected chi connectivity index (χ1v) is 10.6. The summed E-state index contributed by atoms with van der Waals surface area (Å²) in [6, 6.07) is 7.59. The number of amides is 1. The van der Waals surface area contributed by atoms with Gasteiger partial charge in [0, 0.05) is 19.0 Å². The van der Waals surface area contributed by atoms with E-state index in [-0.39, 0.29) is 35.5 Å². The number of halogens is 2. The maximum atomic E-state index is 14.3. The molecule has 32 heavy (non-hydrogen) atoms. The molecule has 4 N–H and O–H groups in total. The van der Waals surface area contributed by atoms with Crippen molar-refractivity contribution in [1.82, 2.24) is 14.1 Å². The lowest BCUT2D eigenvalue weighted by Crippen LogP contribution is -2.33. The van der Waals surface area contributed by atoms with Crippen molar-refractivity contribution in [2.75, 3.05) is 13.6 Å². The zero-order chi connectivity index (χ0) is 23.5. The van der Waals surface area contributed by atoms with Gasteiger partial charge in [0.05, 0.1) is 18.2 Å². The largest absolute Gasteiger partial charge is 0.382 e. The highest BCUT2D eigenvalue weighted by atomic mass is 32.2. The van der Waals surface area contributed by atoms with Crippen molar-refractivity contribution < 1.29 is 18.4 Å². The summed E-state index contributed by atoms with van der Waals surface area (Å²) in [5.74, 6) is -1.19. The van der Waals surface area contributed by atoms with E-state index >= 15 is 0 Å². The van der Waals surface area contributed by atoms with Gasteiger partial charge in [0.1, 0.15) is 17.2 Å². The molecule has 0 atom stereocenters. The van der Waals surface area contributed by atoms with Crippen LogP contribution in [0.2, 0.25) is 0 Å². The Balaban J connectivity index is 1.72. The number of nitrogens with two attached hydrogens (primary N) is 2. The fourth-order valence-electron chi connectivity index (χ4n) is 3.18. The standard InChI is InChI=1S/C21H24F2N6O2S/c1-13(30)17-9-16(27-29(17)11-14-5-3-4-6-15(14)22)19(24)26-10-18(23)32-28(2)12-21(7-8-21)20(25)31/h3-6,9-10H,7-8,11-12H2,1-2H3,(H2,24,26)(H2,25,31)/b18-10-. The summed E-state index contributed by atoms with van der Waals surface area (Å²) < 4.78 is 31.1.